The summed E-state index contributed by atoms with van der Waals surface area (Å²) in [5.74, 6) is -0.0372. The summed E-state index contributed by atoms with van der Waals surface area (Å²) in [6.45, 7) is 2.07. The third kappa shape index (κ3) is 2.35. The van der Waals surface area contributed by atoms with Gasteiger partial charge in [-0.3, -0.25) is 4.79 Å². The van der Waals surface area contributed by atoms with Gasteiger partial charge >= 0.3 is 0 Å². The molecule has 23 heavy (non-hydrogen) atoms. The molecule has 0 spiro atoms. The van der Waals surface area contributed by atoms with Gasteiger partial charge in [0.2, 0.25) is 0 Å². The van der Waals surface area contributed by atoms with Crippen molar-refractivity contribution in [1.82, 2.24) is 0 Å². The van der Waals surface area contributed by atoms with Crippen molar-refractivity contribution in [2.24, 2.45) is 0 Å². The lowest BCUT2D eigenvalue weighted by Crippen LogP contribution is -2.35. The lowest BCUT2D eigenvalue weighted by molar-refractivity contribution is 0.0985. The van der Waals surface area contributed by atoms with Crippen molar-refractivity contribution in [3.8, 4) is 0 Å². The van der Waals surface area contributed by atoms with E-state index in [1.54, 1.807) is 6.07 Å². The van der Waals surface area contributed by atoms with Crippen molar-refractivity contribution >= 4 is 56.2 Å². The van der Waals surface area contributed by atoms with Crippen LogP contribution in [-0.2, 0) is 6.42 Å². The molecule has 0 aliphatic carbocycles. The van der Waals surface area contributed by atoms with Crippen LogP contribution in [0.4, 0.5) is 5.69 Å². The number of hydrogen-bond donors (Lipinski definition) is 0. The molecule has 4 rings (SSSR count). The number of carbonyl (C=O) groups is 1. The first-order valence-corrected chi connectivity index (χ1v) is 8.92. The van der Waals surface area contributed by atoms with Gasteiger partial charge in [-0.1, -0.05) is 47.5 Å². The molecule has 5 heteroatoms. The Hall–Kier alpha value is -1.55. The molecule has 0 bridgehead atoms. The van der Waals surface area contributed by atoms with Gasteiger partial charge in [0.25, 0.3) is 5.91 Å². The number of para-hydroxylation sites is 1. The van der Waals surface area contributed by atoms with Gasteiger partial charge in [0.05, 0.1) is 5.02 Å². The molecule has 116 valence electrons. The normalized spacial score (nSPS) is 16.8. The van der Waals surface area contributed by atoms with Gasteiger partial charge in [0, 0.05) is 26.8 Å². The number of carbonyl (C=O) groups excluding carboxylic acids is 1. The molecule has 1 amide bonds. The fourth-order valence-electron chi connectivity index (χ4n) is 3.16. The van der Waals surface area contributed by atoms with Crippen LogP contribution in [-0.4, -0.2) is 11.9 Å². The van der Waals surface area contributed by atoms with Gasteiger partial charge in [-0.05, 0) is 37.1 Å². The second kappa shape index (κ2) is 5.52. The molecule has 0 fully saturated rings. The molecule has 2 heterocycles. The van der Waals surface area contributed by atoms with E-state index < -0.39 is 0 Å². The summed E-state index contributed by atoms with van der Waals surface area (Å²) in [7, 11) is 0. The van der Waals surface area contributed by atoms with Gasteiger partial charge in [-0.15, -0.1) is 11.3 Å². The number of thiophene rings is 1. The minimum atomic E-state index is -0.0372. The third-order valence-corrected chi connectivity index (χ3v) is 6.09. The molecular weight excluding hydrogens is 349 g/mol. The molecule has 0 saturated carbocycles. The van der Waals surface area contributed by atoms with Crippen molar-refractivity contribution in [3.05, 3.63) is 63.0 Å². The van der Waals surface area contributed by atoms with E-state index in [2.05, 4.69) is 13.0 Å². The lowest BCUT2D eigenvalue weighted by atomic mass is 10.1. The van der Waals surface area contributed by atoms with E-state index in [9.17, 15) is 4.79 Å². The summed E-state index contributed by atoms with van der Waals surface area (Å²) in [6, 6.07) is 13.7. The van der Waals surface area contributed by atoms with Gasteiger partial charge < -0.3 is 4.90 Å². The molecule has 1 aromatic heterocycles. The molecule has 0 saturated heterocycles. The summed E-state index contributed by atoms with van der Waals surface area (Å²) < 4.78 is 0.936. The number of nitrogens with zero attached hydrogens (tertiary/aromatic N) is 1. The molecule has 1 aliphatic heterocycles. The van der Waals surface area contributed by atoms with Crippen molar-refractivity contribution in [1.29, 1.82) is 0 Å². The zero-order valence-corrected chi connectivity index (χ0v) is 14.7. The Morgan fingerprint density at radius 1 is 1.22 bits per heavy atom. The molecule has 2 nitrogen and oxygen atoms in total. The summed E-state index contributed by atoms with van der Waals surface area (Å²) in [5.41, 5.74) is 2.19. The number of benzene rings is 2. The minimum Gasteiger partial charge on any atom is -0.304 e. The fourth-order valence-corrected chi connectivity index (χ4v) is 4.89. The Morgan fingerprint density at radius 2 is 2.00 bits per heavy atom. The molecule has 1 atom stereocenters. The summed E-state index contributed by atoms with van der Waals surface area (Å²) in [5, 5.41) is 2.04. The highest BCUT2D eigenvalue weighted by Crippen LogP contribution is 2.40. The van der Waals surface area contributed by atoms with Crippen LogP contribution in [0.1, 0.15) is 22.2 Å². The number of rotatable bonds is 1. The van der Waals surface area contributed by atoms with E-state index in [4.69, 9.17) is 23.2 Å². The van der Waals surface area contributed by atoms with Crippen LogP contribution in [0.3, 0.4) is 0 Å². The van der Waals surface area contributed by atoms with Crippen LogP contribution in [0.25, 0.3) is 10.1 Å². The van der Waals surface area contributed by atoms with E-state index in [-0.39, 0.29) is 11.9 Å². The largest absolute Gasteiger partial charge is 0.304 e. The number of amides is 1. The fraction of sp³-hybridized carbons (Fsp3) is 0.167. The van der Waals surface area contributed by atoms with Gasteiger partial charge in [-0.25, -0.2) is 0 Å². The molecule has 1 unspecified atom stereocenters. The predicted molar refractivity (Wildman–Crippen MR) is 98.3 cm³/mol. The van der Waals surface area contributed by atoms with Crippen LogP contribution < -0.4 is 4.90 Å². The van der Waals surface area contributed by atoms with Crippen molar-refractivity contribution in [2.45, 2.75) is 19.4 Å². The zero-order chi connectivity index (χ0) is 16.1. The summed E-state index contributed by atoms with van der Waals surface area (Å²) in [4.78, 5) is 15.5. The summed E-state index contributed by atoms with van der Waals surface area (Å²) in [6.07, 6.45) is 0.871. The first-order valence-electron chi connectivity index (χ1n) is 7.35. The van der Waals surface area contributed by atoms with E-state index in [0.717, 1.165) is 22.2 Å². The number of hydrogen-bond acceptors (Lipinski definition) is 2. The maximum Gasteiger partial charge on any atom is 0.270 e. The van der Waals surface area contributed by atoms with E-state index in [1.165, 1.54) is 16.9 Å². The van der Waals surface area contributed by atoms with Crippen molar-refractivity contribution < 1.29 is 4.79 Å². The van der Waals surface area contributed by atoms with Gasteiger partial charge in [0.1, 0.15) is 4.88 Å². The predicted octanol–water partition coefficient (Wildman–Crippen LogP) is 5.80. The standard InChI is InChI=1S/C18H13Cl2NOS/c1-10-8-11-4-2-3-5-14(11)21(10)18(22)17-16(20)13-7-6-12(19)9-15(13)23-17/h2-7,9-10H,8H2,1H3. The Kier molecular flexibility index (Phi) is 3.60. The number of anilines is 1. The molecule has 1 aliphatic rings. The second-order valence-corrected chi connectivity index (χ2v) is 7.61. The van der Waals surface area contributed by atoms with Crippen molar-refractivity contribution in [2.75, 3.05) is 4.90 Å². The zero-order valence-electron chi connectivity index (χ0n) is 12.3. The second-order valence-electron chi connectivity index (χ2n) is 5.74. The minimum absolute atomic E-state index is 0.0372. The highest BCUT2D eigenvalue weighted by molar-refractivity contribution is 7.21. The van der Waals surface area contributed by atoms with Gasteiger partial charge in [-0.2, -0.15) is 0 Å². The molecule has 3 aromatic rings. The monoisotopic (exact) mass is 361 g/mol. The Balaban J connectivity index is 1.82. The number of halogens is 2. The van der Waals surface area contributed by atoms with Crippen LogP contribution in [0, 0.1) is 0 Å². The first kappa shape index (κ1) is 15.0. The number of fused-ring (bicyclic) bond motifs is 2. The van der Waals surface area contributed by atoms with Gasteiger partial charge in [0.15, 0.2) is 0 Å². The van der Waals surface area contributed by atoms with E-state index in [1.807, 2.05) is 35.2 Å². The Bertz CT molecular complexity index is 934. The lowest BCUT2D eigenvalue weighted by Gasteiger charge is -2.22. The Morgan fingerprint density at radius 3 is 2.83 bits per heavy atom. The van der Waals surface area contributed by atoms with E-state index >= 15 is 0 Å². The van der Waals surface area contributed by atoms with Crippen LogP contribution >= 0.6 is 34.5 Å². The molecule has 0 radical (unpaired) electrons. The first-order chi connectivity index (χ1) is 11.1. The highest BCUT2D eigenvalue weighted by Gasteiger charge is 2.33. The SMILES string of the molecule is CC1Cc2ccccc2N1C(=O)c1sc2cc(Cl)ccc2c1Cl. The highest BCUT2D eigenvalue weighted by atomic mass is 35.5. The van der Waals surface area contributed by atoms with Crippen LogP contribution in [0.5, 0.6) is 0 Å². The smallest absolute Gasteiger partial charge is 0.270 e. The average Bonchev–Trinajstić information content (AvgIpc) is 3.03. The summed E-state index contributed by atoms with van der Waals surface area (Å²) >= 11 is 13.9. The maximum absolute atomic E-state index is 13.1. The molecular formula is C18H13Cl2NOS. The quantitative estimate of drug-likeness (QED) is 0.536. The third-order valence-electron chi connectivity index (χ3n) is 4.21. The van der Waals surface area contributed by atoms with Crippen LogP contribution in [0.15, 0.2) is 42.5 Å². The molecule has 2 aromatic carbocycles. The van der Waals surface area contributed by atoms with E-state index in [0.29, 0.717) is 14.9 Å². The Labute approximate surface area is 148 Å². The topological polar surface area (TPSA) is 20.3 Å². The van der Waals surface area contributed by atoms with Crippen LogP contribution in [0.2, 0.25) is 10.0 Å². The van der Waals surface area contributed by atoms with Crippen molar-refractivity contribution in [3.63, 3.8) is 0 Å². The maximum atomic E-state index is 13.1. The molecule has 0 N–H and O–H groups in total. The average molecular weight is 362 g/mol.